The molecule has 1 spiro atoms. The molecule has 1 aromatic carbocycles. The number of aldehydes is 2. The van der Waals surface area contributed by atoms with E-state index in [-0.39, 0.29) is 37.5 Å². The molecule has 1 heterocycles. The first-order valence-corrected chi connectivity index (χ1v) is 12.8. The molecule has 12 heteroatoms. The minimum Gasteiger partial charge on any atom is -0.497 e. The molecule has 6 atom stereocenters. The lowest BCUT2D eigenvalue weighted by molar-refractivity contribution is -0.152. The number of hydrazine groups is 1. The third kappa shape index (κ3) is 4.07. The lowest BCUT2D eigenvalue weighted by Crippen LogP contribution is -2.64. The summed E-state index contributed by atoms with van der Waals surface area (Å²) in [7, 11) is 1.53. The highest BCUT2D eigenvalue weighted by Crippen LogP contribution is 2.60. The predicted octanol–water partition coefficient (Wildman–Crippen LogP) is -0.247. The van der Waals surface area contributed by atoms with E-state index in [0.717, 1.165) is 6.29 Å². The van der Waals surface area contributed by atoms with Crippen LogP contribution in [0, 0.1) is 11.3 Å². The molecule has 0 aromatic heterocycles. The average molecular weight is 529 g/mol. The molecule has 5 N–H and O–H groups in total. The highest BCUT2D eigenvalue weighted by atomic mass is 16.5. The molecule has 3 aliphatic carbocycles. The summed E-state index contributed by atoms with van der Waals surface area (Å²) in [4.78, 5) is 61.4. The molecular formula is C26H32N4O8. The van der Waals surface area contributed by atoms with Crippen LogP contribution in [0.2, 0.25) is 0 Å². The molecule has 5 rings (SSSR count). The van der Waals surface area contributed by atoms with E-state index >= 15 is 0 Å². The topological polar surface area (TPSA) is 174 Å². The molecule has 4 fully saturated rings. The molecule has 0 radical (unpaired) electrons. The summed E-state index contributed by atoms with van der Waals surface area (Å²) in [5.74, 6) is -2.16. The lowest BCUT2D eigenvalue weighted by atomic mass is 9.94. The molecule has 0 bridgehead atoms. The van der Waals surface area contributed by atoms with Crippen molar-refractivity contribution < 1.29 is 38.9 Å². The Bertz CT molecular complexity index is 1180. The van der Waals surface area contributed by atoms with Crippen molar-refractivity contribution in [3.63, 3.8) is 0 Å². The van der Waals surface area contributed by atoms with Gasteiger partial charge in [0.15, 0.2) is 0 Å². The quantitative estimate of drug-likeness (QED) is 0.190. The van der Waals surface area contributed by atoms with Crippen molar-refractivity contribution >= 4 is 30.4 Å². The van der Waals surface area contributed by atoms with Crippen LogP contribution in [0.1, 0.15) is 55.3 Å². The van der Waals surface area contributed by atoms with Gasteiger partial charge in [-0.15, -0.1) is 0 Å². The van der Waals surface area contributed by atoms with Crippen molar-refractivity contribution in [1.29, 1.82) is 0 Å². The monoisotopic (exact) mass is 528 g/mol. The summed E-state index contributed by atoms with van der Waals surface area (Å²) < 4.78 is 5.12. The third-order valence-electron chi connectivity index (χ3n) is 8.68. The standard InChI is InChI=1S/C26H32N4O8/c1-38-17-6-4-16(5-7-17)20(33)28-19-13-23(19,8-3-11-31)22(36)30-25(9-2-10-27-30)14-26(25,37)29-24(15-32)12-18(24)21(34)35/h4-7,11,15,18-19,27,29,37H,2-3,8-10,12-14H2,1H3,(H,28,33)(H,34,35)/t18?,19-,23?,24?,25?,26?/m0/s1. The number of aliphatic hydroxyl groups is 1. The maximum absolute atomic E-state index is 14.0. The van der Waals surface area contributed by atoms with Gasteiger partial charge in [-0.3, -0.25) is 24.7 Å². The van der Waals surface area contributed by atoms with E-state index in [2.05, 4.69) is 16.1 Å². The number of methoxy groups -OCH3 is 1. The molecule has 1 saturated heterocycles. The van der Waals surface area contributed by atoms with E-state index in [4.69, 9.17) is 4.74 Å². The van der Waals surface area contributed by atoms with Gasteiger partial charge in [-0.05, 0) is 56.4 Å². The number of nitrogens with one attached hydrogen (secondary N) is 3. The molecule has 12 nitrogen and oxygen atoms in total. The molecule has 1 aromatic rings. The number of amides is 2. The number of benzene rings is 1. The summed E-state index contributed by atoms with van der Waals surface area (Å²) in [5, 5.41) is 28.0. The Morgan fingerprint density at radius 2 is 1.95 bits per heavy atom. The molecular weight excluding hydrogens is 496 g/mol. The van der Waals surface area contributed by atoms with Crippen LogP contribution in [-0.4, -0.2) is 82.1 Å². The molecule has 5 unspecified atom stereocenters. The number of carboxylic acid groups (broad SMARTS) is 1. The van der Waals surface area contributed by atoms with Crippen molar-refractivity contribution in [3.8, 4) is 5.75 Å². The number of hydrogen-bond acceptors (Lipinski definition) is 9. The van der Waals surface area contributed by atoms with Crippen LogP contribution in [0.5, 0.6) is 5.75 Å². The number of hydrogen-bond donors (Lipinski definition) is 5. The van der Waals surface area contributed by atoms with Gasteiger partial charge in [0.2, 0.25) is 5.91 Å². The zero-order chi connectivity index (χ0) is 27.3. The molecule has 3 saturated carbocycles. The fourth-order valence-electron chi connectivity index (χ4n) is 6.11. The maximum atomic E-state index is 14.0. The number of nitrogens with zero attached hydrogens (tertiary/aromatic N) is 1. The molecule has 2 amide bonds. The van der Waals surface area contributed by atoms with E-state index < -0.39 is 40.1 Å². The first-order chi connectivity index (χ1) is 18.1. The van der Waals surface area contributed by atoms with Crippen LogP contribution in [0.15, 0.2) is 24.3 Å². The van der Waals surface area contributed by atoms with Crippen LogP contribution in [0.4, 0.5) is 0 Å². The van der Waals surface area contributed by atoms with Gasteiger partial charge in [0.1, 0.15) is 29.6 Å². The lowest BCUT2D eigenvalue weighted by Gasteiger charge is -2.41. The van der Waals surface area contributed by atoms with Crippen molar-refractivity contribution in [2.75, 3.05) is 13.7 Å². The van der Waals surface area contributed by atoms with Crippen LogP contribution >= 0.6 is 0 Å². The van der Waals surface area contributed by atoms with Crippen LogP contribution in [0.3, 0.4) is 0 Å². The Balaban J connectivity index is 1.34. The Labute approximate surface area is 219 Å². The van der Waals surface area contributed by atoms with Gasteiger partial charge < -0.3 is 29.9 Å². The summed E-state index contributed by atoms with van der Waals surface area (Å²) in [6.45, 7) is 0.479. The van der Waals surface area contributed by atoms with E-state index in [9.17, 15) is 34.2 Å². The zero-order valence-electron chi connectivity index (χ0n) is 21.1. The average Bonchev–Trinajstić information content (AvgIpc) is 3.86. The minimum atomic E-state index is -1.65. The zero-order valence-corrected chi connectivity index (χ0v) is 21.1. The third-order valence-corrected chi connectivity index (χ3v) is 8.68. The molecule has 1 aliphatic heterocycles. The number of aliphatic carboxylic acids is 1. The second-order valence-electron chi connectivity index (χ2n) is 10.9. The normalized spacial score (nSPS) is 36.7. The fourth-order valence-corrected chi connectivity index (χ4v) is 6.11. The number of ether oxygens (including phenoxy) is 1. The van der Waals surface area contributed by atoms with Gasteiger partial charge in [-0.25, -0.2) is 5.43 Å². The van der Waals surface area contributed by atoms with Crippen LogP contribution < -0.4 is 20.8 Å². The number of carbonyl (C=O) groups excluding carboxylic acids is 4. The Morgan fingerprint density at radius 1 is 1.21 bits per heavy atom. The number of carboxylic acids is 1. The highest BCUT2D eigenvalue weighted by molar-refractivity contribution is 5.96. The number of rotatable bonds is 11. The second-order valence-corrected chi connectivity index (χ2v) is 10.9. The van der Waals surface area contributed by atoms with Gasteiger partial charge in [0.25, 0.3) is 5.91 Å². The smallest absolute Gasteiger partial charge is 0.308 e. The molecule has 4 aliphatic rings. The molecule has 38 heavy (non-hydrogen) atoms. The van der Waals surface area contributed by atoms with Crippen LogP contribution in [0.25, 0.3) is 0 Å². The molecule has 204 valence electrons. The maximum Gasteiger partial charge on any atom is 0.308 e. The van der Waals surface area contributed by atoms with Gasteiger partial charge in [0.05, 0.1) is 24.0 Å². The van der Waals surface area contributed by atoms with E-state index in [0.29, 0.717) is 43.4 Å². The summed E-state index contributed by atoms with van der Waals surface area (Å²) in [6, 6.07) is 6.05. The van der Waals surface area contributed by atoms with E-state index in [1.54, 1.807) is 24.3 Å². The SMILES string of the molecule is COc1ccc(C(=O)N[C@H]2CC2(CCC=O)C(=O)N2NCCCC23CC3(O)NC2(C=O)CC2C(=O)O)cc1. The van der Waals surface area contributed by atoms with Crippen molar-refractivity contribution in [3.05, 3.63) is 29.8 Å². The van der Waals surface area contributed by atoms with Crippen molar-refractivity contribution in [2.45, 2.75) is 67.8 Å². The van der Waals surface area contributed by atoms with E-state index in [1.807, 2.05) is 0 Å². The van der Waals surface area contributed by atoms with Gasteiger partial charge in [0, 0.05) is 31.0 Å². The second kappa shape index (κ2) is 9.14. The van der Waals surface area contributed by atoms with Gasteiger partial charge in [-0.1, -0.05) is 0 Å². The number of carbonyl (C=O) groups is 5. The highest BCUT2D eigenvalue weighted by Gasteiger charge is 2.78. The van der Waals surface area contributed by atoms with Crippen molar-refractivity contribution in [2.24, 2.45) is 11.3 Å². The summed E-state index contributed by atoms with van der Waals surface area (Å²) in [6.07, 6.45) is 3.22. The fraction of sp³-hybridized carbons (Fsp3) is 0.577. The predicted molar refractivity (Wildman–Crippen MR) is 131 cm³/mol. The first kappa shape index (κ1) is 26.3. The summed E-state index contributed by atoms with van der Waals surface area (Å²) in [5.41, 5.74) is -1.64. The Hall–Kier alpha value is -3.35. The minimum absolute atomic E-state index is 0.0638. The van der Waals surface area contributed by atoms with Gasteiger partial charge >= 0.3 is 5.97 Å². The van der Waals surface area contributed by atoms with E-state index in [1.165, 1.54) is 12.1 Å². The Morgan fingerprint density at radius 3 is 2.55 bits per heavy atom. The Kier molecular flexibility index (Phi) is 6.32. The largest absolute Gasteiger partial charge is 0.497 e. The first-order valence-electron chi connectivity index (χ1n) is 12.8. The van der Waals surface area contributed by atoms with Gasteiger partial charge in [-0.2, -0.15) is 0 Å². The van der Waals surface area contributed by atoms with Crippen molar-refractivity contribution in [1.82, 2.24) is 21.1 Å². The summed E-state index contributed by atoms with van der Waals surface area (Å²) >= 11 is 0. The van der Waals surface area contributed by atoms with Crippen LogP contribution in [-0.2, 0) is 19.2 Å².